The molecule has 0 aromatic heterocycles. The van der Waals surface area contributed by atoms with Crippen LogP contribution in [0.3, 0.4) is 0 Å². The van der Waals surface area contributed by atoms with E-state index in [0.29, 0.717) is 18.8 Å². The van der Waals surface area contributed by atoms with E-state index in [0.717, 1.165) is 76.1 Å². The van der Waals surface area contributed by atoms with Gasteiger partial charge in [-0.15, -0.1) is 0 Å². The van der Waals surface area contributed by atoms with Crippen LogP contribution in [-0.2, 0) is 38.0 Å². The predicted molar refractivity (Wildman–Crippen MR) is 210 cm³/mol. The van der Waals surface area contributed by atoms with E-state index >= 15 is 0 Å². The Morgan fingerprint density at radius 2 is 1.47 bits per heavy atom. The van der Waals surface area contributed by atoms with E-state index in [1.165, 1.54) is 12.8 Å². The minimum Gasteiger partial charge on any atom is -0.458 e. The summed E-state index contributed by atoms with van der Waals surface area (Å²) in [6.07, 6.45) is 6.00. The highest BCUT2D eigenvalue weighted by molar-refractivity contribution is 5.85. The van der Waals surface area contributed by atoms with Crippen molar-refractivity contribution >= 4 is 5.97 Å². The van der Waals surface area contributed by atoms with Gasteiger partial charge in [0.1, 0.15) is 18.8 Å². The zero-order valence-corrected chi connectivity index (χ0v) is 35.4. The van der Waals surface area contributed by atoms with Crippen LogP contribution in [0.25, 0.3) is 0 Å². The van der Waals surface area contributed by atoms with E-state index in [-0.39, 0.29) is 60.8 Å². The summed E-state index contributed by atoms with van der Waals surface area (Å²) < 4.78 is 43.4. The predicted octanol–water partition coefficient (Wildman–Crippen LogP) is 4.21. The van der Waals surface area contributed by atoms with Crippen LogP contribution in [0.15, 0.2) is 11.6 Å². The number of carbonyl (C=O) groups is 1. The number of nitrogens with zero attached hydrogens (tertiary/aromatic N) is 1. The molecule has 13 nitrogen and oxygen atoms in total. The number of rotatable bonds is 9. The fourth-order valence-corrected chi connectivity index (χ4v) is 13.7. The third-order valence-electron chi connectivity index (χ3n) is 17.1. The van der Waals surface area contributed by atoms with E-state index < -0.39 is 72.6 Å². The summed E-state index contributed by atoms with van der Waals surface area (Å²) in [7, 11) is 0. The number of hydrogen-bond donors (Lipinski definition) is 4. The summed E-state index contributed by atoms with van der Waals surface area (Å²) in [5, 5.41) is 47.1. The van der Waals surface area contributed by atoms with Crippen LogP contribution in [0.5, 0.6) is 0 Å². The summed E-state index contributed by atoms with van der Waals surface area (Å²) in [6.45, 7) is 13.5. The SMILES string of the molecule is CC1CN(CC2CC2)CCC(O[C@@H]2[C@H](C)O[C@@H](O[C@@H]3[C@H](C)O[C@@H](O[C@H]4CC[C@@]5(C)C(CCC6C5C[C@H](O)[C@]5(C)[C@@H](C7=CC(=O)OC7)CCC65O)C4)C[C@@H]3O)C[C@@H]2O)O1. The quantitative estimate of drug-likeness (QED) is 0.194. The highest BCUT2D eigenvalue weighted by Crippen LogP contribution is 2.70. The fourth-order valence-electron chi connectivity index (χ4n) is 13.7. The monoisotopic (exact) mass is 817 g/mol. The molecule has 19 atom stereocenters. The van der Waals surface area contributed by atoms with E-state index in [1.807, 2.05) is 13.8 Å². The van der Waals surface area contributed by atoms with Crippen LogP contribution >= 0.6 is 0 Å². The molecule has 4 heterocycles. The van der Waals surface area contributed by atoms with Crippen molar-refractivity contribution in [2.75, 3.05) is 26.2 Å². The molecule has 0 bridgehead atoms. The standard InChI is InChI=1S/C45H71NO12/c1-24-21-46(22-27-6-7-27)15-12-38(53-24)57-41-25(2)55-40(20-35(41)48)58-42-26(3)54-39(19-34(42)47)56-30-10-13-43(4)29(17-30)8-9-32-33(43)18-36(49)44(5)31(11-14-45(32,44)51)28-16-37(50)52-23-28/h16,24-27,29-36,38-42,47-49,51H,6-15,17-23H2,1-5H3/t24?,25-,26-,29?,30-,31+,32?,33?,34-,35-,36-,38?,39-,40-,41+,42+,43-,44-,45?/m0/s1. The van der Waals surface area contributed by atoms with Crippen molar-refractivity contribution in [3.63, 3.8) is 0 Å². The van der Waals surface area contributed by atoms with Crippen molar-refractivity contribution in [1.29, 1.82) is 0 Å². The molecule has 0 aromatic rings. The van der Waals surface area contributed by atoms with Gasteiger partial charge in [-0.1, -0.05) is 13.8 Å². The van der Waals surface area contributed by atoms with Crippen LogP contribution in [0.1, 0.15) is 118 Å². The lowest BCUT2D eigenvalue weighted by molar-refractivity contribution is -0.329. The Balaban J connectivity index is 0.758. The zero-order chi connectivity index (χ0) is 40.7. The molecule has 8 fully saturated rings. The molecule has 0 spiro atoms. The minimum atomic E-state index is -0.997. The molecule has 6 unspecified atom stereocenters. The van der Waals surface area contributed by atoms with E-state index in [1.54, 1.807) is 6.08 Å². The maximum atomic E-state index is 12.6. The lowest BCUT2D eigenvalue weighted by Gasteiger charge is -2.65. The second-order valence-electron chi connectivity index (χ2n) is 20.6. The van der Waals surface area contributed by atoms with Gasteiger partial charge in [0.05, 0.1) is 48.3 Å². The van der Waals surface area contributed by atoms with Gasteiger partial charge < -0.3 is 58.5 Å². The third-order valence-corrected chi connectivity index (χ3v) is 17.1. The van der Waals surface area contributed by atoms with Crippen LogP contribution in [0, 0.1) is 40.4 Å². The van der Waals surface area contributed by atoms with Gasteiger partial charge >= 0.3 is 5.97 Å². The topological polar surface area (TPSA) is 166 Å². The molecule has 9 rings (SSSR count). The highest BCUT2D eigenvalue weighted by Gasteiger charge is 2.71. The highest BCUT2D eigenvalue weighted by atomic mass is 16.7. The van der Waals surface area contributed by atoms with Crippen molar-refractivity contribution in [2.24, 2.45) is 40.4 Å². The van der Waals surface area contributed by atoms with Crippen LogP contribution in [-0.4, -0.2) is 137 Å². The second kappa shape index (κ2) is 16.2. The Labute approximate surface area is 344 Å². The molecule has 0 amide bonds. The van der Waals surface area contributed by atoms with Gasteiger partial charge in [-0.05, 0) is 126 Å². The molecule has 0 radical (unpaired) electrons. The number of aliphatic hydroxyl groups excluding tert-OH is 3. The number of ether oxygens (including phenoxy) is 7. The Bertz CT molecular complexity index is 1500. The number of carbonyl (C=O) groups excluding carboxylic acids is 1. The normalized spacial score (nSPS) is 52.6. The Hall–Kier alpha value is -1.23. The van der Waals surface area contributed by atoms with Gasteiger partial charge in [-0.3, -0.25) is 0 Å². The van der Waals surface area contributed by atoms with Gasteiger partial charge in [0.25, 0.3) is 0 Å². The number of cyclic esters (lactones) is 1. The molecule has 0 aromatic carbocycles. The number of aliphatic hydroxyl groups is 4. The molecule has 13 heteroatoms. The first-order chi connectivity index (χ1) is 27.6. The van der Waals surface area contributed by atoms with Crippen LogP contribution in [0.2, 0.25) is 0 Å². The Morgan fingerprint density at radius 3 is 2.12 bits per heavy atom. The van der Waals surface area contributed by atoms with Crippen LogP contribution in [0.4, 0.5) is 0 Å². The molecule has 9 aliphatic rings. The van der Waals surface area contributed by atoms with E-state index in [4.69, 9.17) is 33.2 Å². The lowest BCUT2D eigenvalue weighted by atomic mass is 9.42. The molecule has 58 heavy (non-hydrogen) atoms. The summed E-state index contributed by atoms with van der Waals surface area (Å²) in [5.41, 5.74) is -0.829. The smallest absolute Gasteiger partial charge is 0.331 e. The summed E-state index contributed by atoms with van der Waals surface area (Å²) in [5.74, 6) is 1.11. The van der Waals surface area contributed by atoms with Crippen molar-refractivity contribution in [2.45, 2.75) is 197 Å². The summed E-state index contributed by atoms with van der Waals surface area (Å²) in [4.78, 5) is 14.4. The first-order valence-electron chi connectivity index (χ1n) is 22.9. The number of fused-ring (bicyclic) bond motifs is 5. The summed E-state index contributed by atoms with van der Waals surface area (Å²) in [6, 6.07) is 0. The molecule has 3 saturated heterocycles. The average Bonchev–Trinajstić information content (AvgIpc) is 3.85. The first-order valence-corrected chi connectivity index (χ1v) is 22.9. The Morgan fingerprint density at radius 1 is 0.776 bits per heavy atom. The molecule has 328 valence electrons. The minimum absolute atomic E-state index is 0.0163. The molecular weight excluding hydrogens is 746 g/mol. The van der Waals surface area contributed by atoms with Gasteiger partial charge in [0.15, 0.2) is 18.9 Å². The van der Waals surface area contributed by atoms with Gasteiger partial charge in [-0.2, -0.15) is 0 Å². The largest absolute Gasteiger partial charge is 0.458 e. The van der Waals surface area contributed by atoms with E-state index in [2.05, 4.69) is 25.7 Å². The van der Waals surface area contributed by atoms with Gasteiger partial charge in [0.2, 0.25) is 0 Å². The number of hydrogen-bond acceptors (Lipinski definition) is 13. The fraction of sp³-hybridized carbons (Fsp3) is 0.933. The zero-order valence-electron chi connectivity index (χ0n) is 35.4. The molecule has 5 aliphatic carbocycles. The van der Waals surface area contributed by atoms with Crippen molar-refractivity contribution in [3.8, 4) is 0 Å². The first kappa shape index (κ1) is 42.1. The molecular formula is C45H71NO12. The van der Waals surface area contributed by atoms with Crippen LogP contribution < -0.4 is 0 Å². The number of esters is 1. The van der Waals surface area contributed by atoms with Gasteiger partial charge in [-0.25, -0.2) is 4.79 Å². The van der Waals surface area contributed by atoms with Gasteiger partial charge in [0, 0.05) is 50.4 Å². The summed E-state index contributed by atoms with van der Waals surface area (Å²) >= 11 is 0. The Kier molecular flexibility index (Phi) is 11.7. The maximum Gasteiger partial charge on any atom is 0.331 e. The third kappa shape index (κ3) is 7.66. The van der Waals surface area contributed by atoms with E-state index in [9.17, 15) is 25.2 Å². The van der Waals surface area contributed by atoms with Crippen molar-refractivity contribution in [3.05, 3.63) is 11.6 Å². The molecule has 4 N–H and O–H groups in total. The average molecular weight is 818 g/mol. The second-order valence-corrected chi connectivity index (χ2v) is 20.6. The molecule has 5 saturated carbocycles. The van der Waals surface area contributed by atoms with Crippen molar-refractivity contribution in [1.82, 2.24) is 4.90 Å². The van der Waals surface area contributed by atoms with Crippen molar-refractivity contribution < 1.29 is 58.4 Å². The maximum absolute atomic E-state index is 12.6. The molecule has 4 aliphatic heterocycles. The lowest BCUT2D eigenvalue weighted by Crippen LogP contribution is -2.67.